The summed E-state index contributed by atoms with van der Waals surface area (Å²) in [6.07, 6.45) is 4.26. The number of carbonyl (C=O) groups excluding carboxylic acids is 1. The van der Waals surface area contributed by atoms with Crippen molar-refractivity contribution in [1.82, 2.24) is 5.32 Å². The summed E-state index contributed by atoms with van der Waals surface area (Å²) in [5.74, 6) is 0.902. The first-order valence-corrected chi connectivity index (χ1v) is 7.19. The van der Waals surface area contributed by atoms with Crippen LogP contribution >= 0.6 is 0 Å². The number of carboxylic acids is 1. The quantitative estimate of drug-likeness (QED) is 0.797. The maximum Gasteiger partial charge on any atom is 0.311 e. The van der Waals surface area contributed by atoms with E-state index in [1.807, 2.05) is 0 Å². The van der Waals surface area contributed by atoms with Crippen molar-refractivity contribution in [2.45, 2.75) is 32.1 Å². The summed E-state index contributed by atoms with van der Waals surface area (Å²) < 4.78 is 5.23. The number of hydrogen-bond donors (Lipinski definition) is 2. The second kappa shape index (κ2) is 4.78. The Bertz CT molecular complexity index is 379. The Morgan fingerprint density at radius 2 is 1.79 bits per heavy atom. The number of hydrogen-bond acceptors (Lipinski definition) is 3. The van der Waals surface area contributed by atoms with Crippen LogP contribution in [0.5, 0.6) is 0 Å². The van der Waals surface area contributed by atoms with Gasteiger partial charge in [-0.2, -0.15) is 0 Å². The first-order valence-electron chi connectivity index (χ1n) is 7.19. The number of carbonyl (C=O) groups is 2. The van der Waals surface area contributed by atoms with Crippen molar-refractivity contribution in [1.29, 1.82) is 0 Å². The van der Waals surface area contributed by atoms with Crippen LogP contribution in [0.1, 0.15) is 32.1 Å². The van der Waals surface area contributed by atoms with E-state index in [2.05, 4.69) is 5.32 Å². The topological polar surface area (TPSA) is 75.6 Å². The first kappa shape index (κ1) is 12.9. The van der Waals surface area contributed by atoms with E-state index in [4.69, 9.17) is 4.74 Å². The van der Waals surface area contributed by atoms with Crippen LogP contribution in [0, 0.1) is 23.2 Å². The average molecular weight is 267 g/mol. The van der Waals surface area contributed by atoms with Gasteiger partial charge in [0, 0.05) is 25.7 Å². The van der Waals surface area contributed by atoms with Crippen molar-refractivity contribution in [3.8, 4) is 0 Å². The number of aliphatic carboxylic acids is 1. The molecule has 0 aromatic heterocycles. The van der Waals surface area contributed by atoms with Crippen molar-refractivity contribution in [3.63, 3.8) is 0 Å². The number of fused-ring (bicyclic) bond motifs is 1. The molecule has 0 bridgehead atoms. The van der Waals surface area contributed by atoms with E-state index in [1.165, 1.54) is 6.42 Å². The smallest absolute Gasteiger partial charge is 0.311 e. The van der Waals surface area contributed by atoms with E-state index >= 15 is 0 Å². The maximum atomic E-state index is 12.1. The molecule has 1 saturated heterocycles. The summed E-state index contributed by atoms with van der Waals surface area (Å²) in [6.45, 7) is 1.18. The predicted molar refractivity (Wildman–Crippen MR) is 67.5 cm³/mol. The number of carboxylic acid groups (broad SMARTS) is 1. The van der Waals surface area contributed by atoms with E-state index in [0.717, 1.165) is 24.7 Å². The molecular weight excluding hydrogens is 246 g/mol. The zero-order chi connectivity index (χ0) is 13.5. The zero-order valence-electron chi connectivity index (χ0n) is 11.1. The Labute approximate surface area is 112 Å². The third-order valence-electron chi connectivity index (χ3n) is 5.12. The fourth-order valence-corrected chi connectivity index (χ4v) is 3.56. The molecule has 2 N–H and O–H groups in total. The standard InChI is InChI=1S/C14H21NO4/c16-12(11-6-9-5-10(9)7-11)15-8-14(13(17)18)1-3-19-4-2-14/h9-11H,1-8H2,(H,15,16)(H,17,18). The molecule has 1 aliphatic heterocycles. The summed E-state index contributed by atoms with van der Waals surface area (Å²) in [6, 6.07) is 0. The molecule has 1 amide bonds. The Kier molecular flexibility index (Phi) is 3.25. The van der Waals surface area contributed by atoms with Gasteiger partial charge in [-0.1, -0.05) is 0 Å². The SMILES string of the molecule is O=C(NCC1(C(=O)O)CCOCC1)C1CC2CC2C1. The molecule has 1 heterocycles. The van der Waals surface area contributed by atoms with Crippen molar-refractivity contribution in [3.05, 3.63) is 0 Å². The van der Waals surface area contributed by atoms with Crippen LogP contribution < -0.4 is 5.32 Å². The molecule has 5 heteroatoms. The fourth-order valence-electron chi connectivity index (χ4n) is 3.56. The normalized spacial score (nSPS) is 35.5. The lowest BCUT2D eigenvalue weighted by atomic mass is 9.80. The zero-order valence-corrected chi connectivity index (χ0v) is 11.1. The molecule has 0 aromatic rings. The number of nitrogens with one attached hydrogen (secondary N) is 1. The van der Waals surface area contributed by atoms with Crippen LogP contribution in [0.25, 0.3) is 0 Å². The van der Waals surface area contributed by atoms with E-state index in [9.17, 15) is 14.7 Å². The van der Waals surface area contributed by atoms with Crippen LogP contribution in [0.3, 0.4) is 0 Å². The van der Waals surface area contributed by atoms with E-state index in [0.29, 0.717) is 26.1 Å². The molecule has 0 radical (unpaired) electrons. The van der Waals surface area contributed by atoms with Gasteiger partial charge in [0.15, 0.2) is 0 Å². The molecule has 2 atom stereocenters. The van der Waals surface area contributed by atoms with Gasteiger partial charge in [0.2, 0.25) is 5.91 Å². The molecule has 5 nitrogen and oxygen atoms in total. The molecular formula is C14H21NO4. The lowest BCUT2D eigenvalue weighted by molar-refractivity contribution is -0.154. The summed E-state index contributed by atoms with van der Waals surface area (Å²) in [7, 11) is 0. The minimum atomic E-state index is -0.824. The Morgan fingerprint density at radius 3 is 2.37 bits per heavy atom. The minimum absolute atomic E-state index is 0.0549. The Balaban J connectivity index is 1.54. The fraction of sp³-hybridized carbons (Fsp3) is 0.857. The first-order chi connectivity index (χ1) is 9.11. The third-order valence-corrected chi connectivity index (χ3v) is 5.12. The van der Waals surface area contributed by atoms with Gasteiger partial charge >= 0.3 is 5.97 Å². The molecule has 2 aliphatic carbocycles. The van der Waals surface area contributed by atoms with Crippen LogP contribution in [0.2, 0.25) is 0 Å². The van der Waals surface area contributed by atoms with Crippen molar-refractivity contribution in [2.24, 2.45) is 23.2 Å². The maximum absolute atomic E-state index is 12.1. The summed E-state index contributed by atoms with van der Waals surface area (Å²) >= 11 is 0. The molecule has 2 saturated carbocycles. The second-order valence-electron chi connectivity index (χ2n) is 6.34. The highest BCUT2D eigenvalue weighted by Gasteiger charge is 2.48. The van der Waals surface area contributed by atoms with E-state index < -0.39 is 11.4 Å². The lowest BCUT2D eigenvalue weighted by Crippen LogP contribution is -2.47. The van der Waals surface area contributed by atoms with E-state index in [1.54, 1.807) is 0 Å². The van der Waals surface area contributed by atoms with Crippen LogP contribution in [-0.2, 0) is 14.3 Å². The van der Waals surface area contributed by atoms with Crippen LogP contribution in [0.15, 0.2) is 0 Å². The molecule has 2 unspecified atom stereocenters. The average Bonchev–Trinajstić information content (AvgIpc) is 3.03. The Hall–Kier alpha value is -1.10. The minimum Gasteiger partial charge on any atom is -0.481 e. The summed E-state index contributed by atoms with van der Waals surface area (Å²) in [5, 5.41) is 12.3. The molecule has 106 valence electrons. The van der Waals surface area contributed by atoms with E-state index in [-0.39, 0.29) is 18.4 Å². The van der Waals surface area contributed by atoms with Crippen LogP contribution in [0.4, 0.5) is 0 Å². The largest absolute Gasteiger partial charge is 0.481 e. The highest BCUT2D eigenvalue weighted by Crippen LogP contribution is 2.54. The van der Waals surface area contributed by atoms with Gasteiger partial charge in [-0.15, -0.1) is 0 Å². The third kappa shape index (κ3) is 2.48. The highest BCUT2D eigenvalue weighted by molar-refractivity contribution is 5.81. The van der Waals surface area contributed by atoms with Crippen molar-refractivity contribution in [2.75, 3.05) is 19.8 Å². The Morgan fingerprint density at radius 1 is 1.16 bits per heavy atom. The summed E-state index contributed by atoms with van der Waals surface area (Å²) in [4.78, 5) is 23.5. The molecule has 19 heavy (non-hydrogen) atoms. The monoisotopic (exact) mass is 267 g/mol. The number of rotatable bonds is 4. The van der Waals surface area contributed by atoms with Crippen LogP contribution in [-0.4, -0.2) is 36.7 Å². The van der Waals surface area contributed by atoms with Crippen molar-refractivity contribution >= 4 is 11.9 Å². The lowest BCUT2D eigenvalue weighted by Gasteiger charge is -2.33. The van der Waals surface area contributed by atoms with Crippen molar-refractivity contribution < 1.29 is 19.4 Å². The second-order valence-corrected chi connectivity index (χ2v) is 6.34. The van der Waals surface area contributed by atoms with Gasteiger partial charge in [0.05, 0.1) is 5.41 Å². The van der Waals surface area contributed by atoms with Gasteiger partial charge in [-0.25, -0.2) is 0 Å². The van der Waals surface area contributed by atoms with Gasteiger partial charge in [-0.05, 0) is 43.9 Å². The molecule has 0 spiro atoms. The van der Waals surface area contributed by atoms with Gasteiger partial charge in [0.25, 0.3) is 0 Å². The molecule has 3 aliphatic rings. The van der Waals surface area contributed by atoms with Gasteiger partial charge in [0.1, 0.15) is 0 Å². The summed E-state index contributed by atoms with van der Waals surface area (Å²) in [5.41, 5.74) is -0.824. The predicted octanol–water partition coefficient (Wildman–Crippen LogP) is 1.03. The highest BCUT2D eigenvalue weighted by atomic mass is 16.5. The molecule has 3 rings (SSSR count). The number of amides is 1. The molecule has 3 fully saturated rings. The number of ether oxygens (including phenoxy) is 1. The molecule has 0 aromatic carbocycles. The van der Waals surface area contributed by atoms with Gasteiger partial charge in [-0.3, -0.25) is 9.59 Å². The van der Waals surface area contributed by atoms with Gasteiger partial charge < -0.3 is 15.2 Å².